The number of rotatable bonds is 19. The fourth-order valence-electron chi connectivity index (χ4n) is 5.38. The van der Waals surface area contributed by atoms with Gasteiger partial charge in [0.25, 0.3) is 0 Å². The predicted molar refractivity (Wildman–Crippen MR) is 172 cm³/mol. The number of carbonyl (C=O) groups excluding carboxylic acids is 5. The summed E-state index contributed by atoms with van der Waals surface area (Å²) >= 11 is 0. The molecule has 0 bridgehead atoms. The minimum absolute atomic E-state index is 0.0225. The van der Waals surface area contributed by atoms with E-state index in [0.29, 0.717) is 38.8 Å². The van der Waals surface area contributed by atoms with E-state index in [-0.39, 0.29) is 55.7 Å². The number of hydrogen-bond acceptors (Lipinski definition) is 6. The Kier molecular flexibility index (Phi) is 14.9. The van der Waals surface area contributed by atoms with Crippen LogP contribution in [0.2, 0.25) is 0 Å². The van der Waals surface area contributed by atoms with E-state index in [1.807, 2.05) is 31.2 Å². The Bertz CT molecular complexity index is 1250. The Morgan fingerprint density at radius 2 is 1.33 bits per heavy atom. The summed E-state index contributed by atoms with van der Waals surface area (Å²) in [6.45, 7) is 4.92. The number of carbonyl (C=O) groups is 5. The molecular weight excluding hydrogens is 574 g/mol. The van der Waals surface area contributed by atoms with Crippen molar-refractivity contribution in [3.05, 3.63) is 59.7 Å². The Balaban J connectivity index is 1.25. The number of amides is 5. The van der Waals surface area contributed by atoms with E-state index in [2.05, 4.69) is 50.8 Å². The second-order valence-electron chi connectivity index (χ2n) is 11.1. The van der Waals surface area contributed by atoms with Gasteiger partial charge in [0.15, 0.2) is 0 Å². The van der Waals surface area contributed by atoms with Gasteiger partial charge in [-0.2, -0.15) is 0 Å². The zero-order chi connectivity index (χ0) is 32.4. The highest BCUT2D eigenvalue weighted by Gasteiger charge is 2.29. The van der Waals surface area contributed by atoms with Crippen LogP contribution in [0.4, 0.5) is 4.79 Å². The highest BCUT2D eigenvalue weighted by Crippen LogP contribution is 2.44. The van der Waals surface area contributed by atoms with Gasteiger partial charge in [-0.25, -0.2) is 4.79 Å². The summed E-state index contributed by atoms with van der Waals surface area (Å²) in [6.07, 6.45) is 4.24. The van der Waals surface area contributed by atoms with Crippen molar-refractivity contribution in [1.82, 2.24) is 26.6 Å². The predicted octanol–water partition coefficient (Wildman–Crippen LogP) is 3.87. The van der Waals surface area contributed by atoms with Gasteiger partial charge in [0.1, 0.15) is 12.6 Å². The highest BCUT2D eigenvalue weighted by atomic mass is 16.5. The molecule has 5 amide bonds. The Morgan fingerprint density at radius 3 is 1.98 bits per heavy atom. The molecule has 1 atom stereocenters. The number of hydrogen-bond donors (Lipinski definition) is 5. The van der Waals surface area contributed by atoms with Gasteiger partial charge < -0.3 is 31.3 Å². The molecule has 0 radical (unpaired) electrons. The molecule has 45 heavy (non-hydrogen) atoms. The number of fused-ring (bicyclic) bond motifs is 3. The molecule has 2 aromatic rings. The Morgan fingerprint density at radius 1 is 0.711 bits per heavy atom. The lowest BCUT2D eigenvalue weighted by atomic mass is 9.98. The first-order valence-electron chi connectivity index (χ1n) is 16.0. The van der Waals surface area contributed by atoms with Crippen molar-refractivity contribution >= 4 is 29.7 Å². The van der Waals surface area contributed by atoms with Gasteiger partial charge in [-0.15, -0.1) is 0 Å². The minimum atomic E-state index is -0.684. The van der Waals surface area contributed by atoms with E-state index in [9.17, 15) is 24.0 Å². The lowest BCUT2D eigenvalue weighted by Gasteiger charge is -2.18. The summed E-state index contributed by atoms with van der Waals surface area (Å²) in [7, 11) is 0. The molecule has 0 fully saturated rings. The number of benzene rings is 2. The molecule has 11 nitrogen and oxygen atoms in total. The molecule has 0 aromatic heterocycles. The monoisotopic (exact) mass is 621 g/mol. The van der Waals surface area contributed by atoms with Gasteiger partial charge in [0, 0.05) is 38.3 Å². The number of ether oxygens (including phenoxy) is 1. The molecule has 2 aromatic carbocycles. The van der Waals surface area contributed by atoms with Crippen molar-refractivity contribution in [2.45, 2.75) is 83.6 Å². The van der Waals surface area contributed by atoms with Crippen LogP contribution in [0.5, 0.6) is 0 Å². The molecule has 0 spiro atoms. The van der Waals surface area contributed by atoms with Gasteiger partial charge in [0.05, 0.1) is 6.67 Å². The van der Waals surface area contributed by atoms with Gasteiger partial charge in [0.2, 0.25) is 23.6 Å². The molecule has 244 valence electrons. The van der Waals surface area contributed by atoms with Crippen molar-refractivity contribution < 1.29 is 28.7 Å². The van der Waals surface area contributed by atoms with E-state index in [0.717, 1.165) is 19.3 Å². The summed E-state index contributed by atoms with van der Waals surface area (Å²) in [5.41, 5.74) is 4.72. The summed E-state index contributed by atoms with van der Waals surface area (Å²) < 4.78 is 5.57. The van der Waals surface area contributed by atoms with Crippen molar-refractivity contribution in [3.63, 3.8) is 0 Å². The molecule has 3 rings (SSSR count). The highest BCUT2D eigenvalue weighted by molar-refractivity contribution is 5.88. The first kappa shape index (κ1) is 35.1. The summed E-state index contributed by atoms with van der Waals surface area (Å²) in [5, 5.41) is 13.4. The fraction of sp³-hybridized carbons (Fsp3) is 0.500. The second kappa shape index (κ2) is 19.1. The standard InChI is InChI=1S/C34H47N5O6/c1-3-13-29(33(43)38-23-37-31(41)20-19-30(40)35-4-2)39-32(42)18-7-5-6-12-21-36-34(44)45-22-28-26-16-10-8-14-24(26)25-15-9-11-17-27(25)28/h8-11,14-17,28-29H,3-7,12-13,18-23H2,1-2H3,(H,35,40)(H,36,44)(H,37,41)(H,38,43)(H,39,42). The topological polar surface area (TPSA) is 155 Å². The number of nitrogens with one attached hydrogen (secondary N) is 5. The average molecular weight is 622 g/mol. The number of alkyl carbamates (subject to hydrolysis) is 1. The number of unbranched alkanes of at least 4 members (excludes halogenated alkanes) is 3. The third kappa shape index (κ3) is 11.6. The lowest BCUT2D eigenvalue weighted by molar-refractivity contribution is -0.130. The van der Waals surface area contributed by atoms with Crippen LogP contribution in [0, 0.1) is 0 Å². The lowest BCUT2D eigenvalue weighted by Crippen LogP contribution is -2.49. The molecule has 5 N–H and O–H groups in total. The Labute approximate surface area is 265 Å². The minimum Gasteiger partial charge on any atom is -0.449 e. The second-order valence-corrected chi connectivity index (χ2v) is 11.1. The first-order valence-corrected chi connectivity index (χ1v) is 16.0. The normalized spacial score (nSPS) is 12.3. The van der Waals surface area contributed by atoms with Gasteiger partial charge >= 0.3 is 6.09 Å². The van der Waals surface area contributed by atoms with E-state index < -0.39 is 12.1 Å². The molecule has 0 aliphatic heterocycles. The van der Waals surface area contributed by atoms with E-state index in [4.69, 9.17) is 4.74 Å². The molecule has 1 unspecified atom stereocenters. The molecule has 0 saturated carbocycles. The van der Waals surface area contributed by atoms with Gasteiger partial charge in [-0.1, -0.05) is 74.7 Å². The van der Waals surface area contributed by atoms with Crippen molar-refractivity contribution in [1.29, 1.82) is 0 Å². The maximum atomic E-state index is 12.5. The first-order chi connectivity index (χ1) is 21.8. The van der Waals surface area contributed by atoms with Crippen molar-refractivity contribution in [2.75, 3.05) is 26.4 Å². The molecule has 1 aliphatic carbocycles. The molecular formula is C34H47N5O6. The molecule has 0 heterocycles. The SMILES string of the molecule is CCCC(NC(=O)CCCCCCNC(=O)OCC1c2ccccc2-c2ccccc21)C(=O)NCNC(=O)CCC(=O)NCC. The maximum Gasteiger partial charge on any atom is 0.407 e. The zero-order valence-corrected chi connectivity index (χ0v) is 26.4. The third-order valence-corrected chi connectivity index (χ3v) is 7.67. The Hall–Kier alpha value is -4.41. The van der Waals surface area contributed by atoms with Crippen LogP contribution in [0.1, 0.15) is 88.7 Å². The zero-order valence-electron chi connectivity index (χ0n) is 26.4. The van der Waals surface area contributed by atoms with Gasteiger partial charge in [-0.3, -0.25) is 19.2 Å². The van der Waals surface area contributed by atoms with E-state index >= 15 is 0 Å². The van der Waals surface area contributed by atoms with Crippen molar-refractivity contribution in [3.8, 4) is 11.1 Å². The van der Waals surface area contributed by atoms with Crippen LogP contribution in [0.25, 0.3) is 11.1 Å². The maximum absolute atomic E-state index is 12.5. The summed E-state index contributed by atoms with van der Waals surface area (Å²) in [6, 6.07) is 15.7. The van der Waals surface area contributed by atoms with Crippen LogP contribution in [-0.2, 0) is 23.9 Å². The largest absolute Gasteiger partial charge is 0.449 e. The van der Waals surface area contributed by atoms with Crippen LogP contribution < -0.4 is 26.6 Å². The van der Waals surface area contributed by atoms with Crippen LogP contribution in [0.15, 0.2) is 48.5 Å². The van der Waals surface area contributed by atoms with Gasteiger partial charge in [-0.05, 0) is 48.4 Å². The van der Waals surface area contributed by atoms with Crippen molar-refractivity contribution in [2.24, 2.45) is 0 Å². The summed E-state index contributed by atoms with van der Waals surface area (Å²) in [4.78, 5) is 60.7. The van der Waals surface area contributed by atoms with Crippen LogP contribution in [0.3, 0.4) is 0 Å². The average Bonchev–Trinajstić information content (AvgIpc) is 3.35. The quantitative estimate of drug-likeness (QED) is 0.119. The smallest absolute Gasteiger partial charge is 0.407 e. The third-order valence-electron chi connectivity index (χ3n) is 7.67. The van der Waals surface area contributed by atoms with Crippen LogP contribution >= 0.6 is 0 Å². The van der Waals surface area contributed by atoms with E-state index in [1.165, 1.54) is 22.3 Å². The fourth-order valence-corrected chi connectivity index (χ4v) is 5.38. The molecule has 1 aliphatic rings. The molecule has 11 heteroatoms. The summed E-state index contributed by atoms with van der Waals surface area (Å²) in [5.74, 6) is -1.09. The van der Waals surface area contributed by atoms with E-state index in [1.54, 1.807) is 6.92 Å². The molecule has 0 saturated heterocycles. The van der Waals surface area contributed by atoms with Crippen LogP contribution in [-0.4, -0.2) is 62.1 Å².